The van der Waals surface area contributed by atoms with E-state index in [1.165, 1.54) is 0 Å². The summed E-state index contributed by atoms with van der Waals surface area (Å²) in [6, 6.07) is 14.7. The fraction of sp³-hybridized carbons (Fsp3) is 0.261. The predicted molar refractivity (Wildman–Crippen MR) is 119 cm³/mol. The number of Topliss-reactive ketones (excluding diaryl/α,β-unsaturated/α-hetero) is 1. The second-order valence-corrected chi connectivity index (χ2v) is 8.19. The second-order valence-electron chi connectivity index (χ2n) is 7.28. The number of nitrogens with one attached hydrogen (secondary N) is 1. The van der Waals surface area contributed by atoms with E-state index in [9.17, 15) is 9.59 Å². The van der Waals surface area contributed by atoms with Gasteiger partial charge in [-0.05, 0) is 61.9 Å². The summed E-state index contributed by atoms with van der Waals surface area (Å²) < 4.78 is 8.24. The van der Waals surface area contributed by atoms with Gasteiger partial charge in [-0.1, -0.05) is 22.9 Å². The molecule has 2 heterocycles. The lowest BCUT2D eigenvalue weighted by molar-refractivity contribution is -0.116. The minimum Gasteiger partial charge on any atom is -0.494 e. The lowest BCUT2D eigenvalue weighted by Gasteiger charge is -2.23. The van der Waals surface area contributed by atoms with Crippen molar-refractivity contribution in [3.63, 3.8) is 0 Å². The van der Waals surface area contributed by atoms with E-state index in [0.29, 0.717) is 18.0 Å². The number of fused-ring (bicyclic) bond motifs is 1. The molecule has 6 nitrogen and oxygen atoms in total. The van der Waals surface area contributed by atoms with Crippen molar-refractivity contribution in [2.45, 2.75) is 32.6 Å². The topological polar surface area (TPSA) is 73.2 Å². The third kappa shape index (κ3) is 3.89. The molecule has 2 aromatic carbocycles. The van der Waals surface area contributed by atoms with Gasteiger partial charge in [-0.3, -0.25) is 9.59 Å². The van der Waals surface area contributed by atoms with Crippen LogP contribution in [-0.4, -0.2) is 28.1 Å². The molecule has 1 aromatic heterocycles. The first-order valence-electron chi connectivity index (χ1n) is 9.90. The standard InChI is InChI=1S/C23H22BrN3O3/c1-3-12-30-18-10-4-15(5-11-18)22(29)19-13-20(28)25-23-21(19)14(2)26-27(23)17-8-6-16(24)7-9-17/h4-11,19H,3,12-13H2,1-2H3,(H,25,28)/t19-/m1/s1. The number of carbonyl (C=O) groups excluding carboxylic acids is 2. The van der Waals surface area contributed by atoms with Gasteiger partial charge < -0.3 is 10.1 Å². The summed E-state index contributed by atoms with van der Waals surface area (Å²) in [6.07, 6.45) is 1.02. The van der Waals surface area contributed by atoms with Crippen LogP contribution in [0.1, 0.15) is 47.3 Å². The lowest BCUT2D eigenvalue weighted by Crippen LogP contribution is -2.28. The maximum absolute atomic E-state index is 13.3. The highest BCUT2D eigenvalue weighted by atomic mass is 79.9. The van der Waals surface area contributed by atoms with E-state index in [4.69, 9.17) is 4.74 Å². The molecule has 0 radical (unpaired) electrons. The first kappa shape index (κ1) is 20.3. The van der Waals surface area contributed by atoms with E-state index < -0.39 is 5.92 Å². The second kappa shape index (κ2) is 8.44. The number of halogens is 1. The fourth-order valence-electron chi connectivity index (χ4n) is 3.68. The number of anilines is 1. The van der Waals surface area contributed by atoms with E-state index in [0.717, 1.165) is 33.6 Å². The van der Waals surface area contributed by atoms with Crippen molar-refractivity contribution in [1.82, 2.24) is 9.78 Å². The minimum absolute atomic E-state index is 0.0911. The number of aryl methyl sites for hydroxylation is 1. The minimum atomic E-state index is -0.569. The zero-order chi connectivity index (χ0) is 21.3. The van der Waals surface area contributed by atoms with Crippen LogP contribution in [0.25, 0.3) is 5.69 Å². The first-order valence-corrected chi connectivity index (χ1v) is 10.7. The smallest absolute Gasteiger partial charge is 0.226 e. The SMILES string of the molecule is CCCOc1ccc(C(=O)[C@@H]2CC(=O)Nc3c2c(C)nn3-c2ccc(Br)cc2)cc1. The summed E-state index contributed by atoms with van der Waals surface area (Å²) in [5.41, 5.74) is 2.87. The quantitative estimate of drug-likeness (QED) is 0.515. The molecule has 4 rings (SSSR count). The van der Waals surface area contributed by atoms with Gasteiger partial charge in [0.15, 0.2) is 5.78 Å². The van der Waals surface area contributed by atoms with Crippen LogP contribution in [0.3, 0.4) is 0 Å². The van der Waals surface area contributed by atoms with E-state index in [-0.39, 0.29) is 18.1 Å². The number of hydrogen-bond acceptors (Lipinski definition) is 4. The third-order valence-electron chi connectivity index (χ3n) is 5.10. The van der Waals surface area contributed by atoms with Gasteiger partial charge in [-0.25, -0.2) is 4.68 Å². The number of carbonyl (C=O) groups is 2. The van der Waals surface area contributed by atoms with Crippen LogP contribution in [0.15, 0.2) is 53.0 Å². The average molecular weight is 468 g/mol. The normalized spacial score (nSPS) is 15.4. The Bertz CT molecular complexity index is 1090. The number of benzene rings is 2. The van der Waals surface area contributed by atoms with Gasteiger partial charge in [0.2, 0.25) is 5.91 Å². The van der Waals surface area contributed by atoms with Crippen molar-refractivity contribution in [1.29, 1.82) is 0 Å². The number of hydrogen-bond donors (Lipinski definition) is 1. The van der Waals surface area contributed by atoms with Crippen LogP contribution in [0.2, 0.25) is 0 Å². The third-order valence-corrected chi connectivity index (χ3v) is 5.63. The molecule has 30 heavy (non-hydrogen) atoms. The van der Waals surface area contributed by atoms with Crippen molar-refractivity contribution < 1.29 is 14.3 Å². The molecule has 1 N–H and O–H groups in total. The number of nitrogens with zero attached hydrogens (tertiary/aromatic N) is 2. The molecule has 3 aromatic rings. The molecule has 0 fully saturated rings. The Balaban J connectivity index is 1.69. The Kier molecular flexibility index (Phi) is 5.72. The molecule has 0 saturated carbocycles. The molecule has 0 bridgehead atoms. The number of rotatable bonds is 6. The lowest BCUT2D eigenvalue weighted by atomic mass is 9.85. The zero-order valence-corrected chi connectivity index (χ0v) is 18.4. The van der Waals surface area contributed by atoms with Gasteiger partial charge in [0, 0.05) is 22.0 Å². The van der Waals surface area contributed by atoms with Crippen molar-refractivity contribution in [2.24, 2.45) is 0 Å². The number of amides is 1. The molecular formula is C23H22BrN3O3. The summed E-state index contributed by atoms with van der Waals surface area (Å²) in [6.45, 7) is 4.54. The molecule has 154 valence electrons. The van der Waals surface area contributed by atoms with E-state index >= 15 is 0 Å². The summed E-state index contributed by atoms with van der Waals surface area (Å²) in [5, 5.41) is 7.52. The fourth-order valence-corrected chi connectivity index (χ4v) is 3.94. The molecule has 0 saturated heterocycles. The largest absolute Gasteiger partial charge is 0.494 e. The summed E-state index contributed by atoms with van der Waals surface area (Å²) in [4.78, 5) is 25.8. The Hall–Kier alpha value is -2.93. The van der Waals surface area contributed by atoms with Crippen LogP contribution >= 0.6 is 15.9 Å². The Morgan fingerprint density at radius 1 is 1.20 bits per heavy atom. The van der Waals surface area contributed by atoms with Crippen molar-refractivity contribution in [2.75, 3.05) is 11.9 Å². The van der Waals surface area contributed by atoms with Crippen LogP contribution in [0.4, 0.5) is 5.82 Å². The summed E-state index contributed by atoms with van der Waals surface area (Å²) in [5.74, 6) is 0.441. The van der Waals surface area contributed by atoms with Gasteiger partial charge in [-0.15, -0.1) is 0 Å². The van der Waals surface area contributed by atoms with Crippen molar-refractivity contribution in [3.8, 4) is 11.4 Å². The highest BCUT2D eigenvalue weighted by Gasteiger charge is 2.36. The molecule has 1 amide bonds. The van der Waals surface area contributed by atoms with Crippen LogP contribution in [-0.2, 0) is 4.79 Å². The van der Waals surface area contributed by atoms with E-state index in [1.807, 2.05) is 38.1 Å². The number of ketones is 1. The van der Waals surface area contributed by atoms with E-state index in [1.54, 1.807) is 28.9 Å². The zero-order valence-electron chi connectivity index (χ0n) is 16.8. The molecule has 0 spiro atoms. The maximum Gasteiger partial charge on any atom is 0.226 e. The molecule has 1 aliphatic rings. The monoisotopic (exact) mass is 467 g/mol. The van der Waals surface area contributed by atoms with Gasteiger partial charge in [0.05, 0.1) is 23.9 Å². The van der Waals surface area contributed by atoms with Crippen LogP contribution in [0, 0.1) is 6.92 Å². The molecule has 1 atom stereocenters. The van der Waals surface area contributed by atoms with E-state index in [2.05, 4.69) is 26.3 Å². The molecule has 0 unspecified atom stereocenters. The highest BCUT2D eigenvalue weighted by molar-refractivity contribution is 9.10. The predicted octanol–water partition coefficient (Wildman–Crippen LogP) is 5.04. The molecule has 7 heteroatoms. The van der Waals surface area contributed by atoms with Gasteiger partial charge >= 0.3 is 0 Å². The average Bonchev–Trinajstić information content (AvgIpc) is 3.08. The summed E-state index contributed by atoms with van der Waals surface area (Å²) in [7, 11) is 0. The molecule has 0 aliphatic carbocycles. The Morgan fingerprint density at radius 2 is 1.90 bits per heavy atom. The highest BCUT2D eigenvalue weighted by Crippen LogP contribution is 2.38. The van der Waals surface area contributed by atoms with Gasteiger partial charge in [-0.2, -0.15) is 5.10 Å². The molecular weight excluding hydrogens is 446 g/mol. The Labute approximate surface area is 183 Å². The summed E-state index contributed by atoms with van der Waals surface area (Å²) >= 11 is 3.43. The number of ether oxygens (including phenoxy) is 1. The van der Waals surface area contributed by atoms with Crippen LogP contribution < -0.4 is 10.1 Å². The first-order chi connectivity index (χ1) is 14.5. The van der Waals surface area contributed by atoms with Gasteiger partial charge in [0.1, 0.15) is 11.6 Å². The number of aromatic nitrogens is 2. The van der Waals surface area contributed by atoms with Crippen LogP contribution in [0.5, 0.6) is 5.75 Å². The maximum atomic E-state index is 13.3. The van der Waals surface area contributed by atoms with Crippen molar-refractivity contribution in [3.05, 3.63) is 69.8 Å². The van der Waals surface area contributed by atoms with Crippen molar-refractivity contribution >= 4 is 33.4 Å². The van der Waals surface area contributed by atoms with Gasteiger partial charge in [0.25, 0.3) is 0 Å². The Morgan fingerprint density at radius 3 is 2.57 bits per heavy atom. The molecule has 1 aliphatic heterocycles.